The molecule has 4 rings (SSSR count). The molecule has 0 bridgehead atoms. The molecular weight excluding hydrogens is 404 g/mol. The number of carbonyl (C=O) groups is 1. The van der Waals surface area contributed by atoms with Gasteiger partial charge in [-0.1, -0.05) is 18.2 Å². The topological polar surface area (TPSA) is 76.6 Å². The number of pyridine rings is 2. The first kappa shape index (κ1) is 21.1. The summed E-state index contributed by atoms with van der Waals surface area (Å²) in [5, 5.41) is 3.77. The number of nitrogens with one attached hydrogen (secondary N) is 1. The van der Waals surface area contributed by atoms with E-state index in [1.165, 1.54) is 0 Å². The number of hydrogen-bond acceptors (Lipinski definition) is 6. The van der Waals surface area contributed by atoms with E-state index in [1.807, 2.05) is 67.5 Å². The van der Waals surface area contributed by atoms with Crippen LogP contribution >= 0.6 is 0 Å². The Labute approximate surface area is 186 Å². The minimum absolute atomic E-state index is 0.235. The van der Waals surface area contributed by atoms with Gasteiger partial charge >= 0.3 is 0 Å². The van der Waals surface area contributed by atoms with E-state index in [1.54, 1.807) is 32.5 Å². The van der Waals surface area contributed by atoms with Gasteiger partial charge in [-0.2, -0.15) is 0 Å². The van der Waals surface area contributed by atoms with E-state index >= 15 is 0 Å². The fourth-order valence-electron chi connectivity index (χ4n) is 3.55. The van der Waals surface area contributed by atoms with Crippen LogP contribution in [0.5, 0.6) is 11.5 Å². The molecule has 0 aliphatic rings. The molecule has 0 aliphatic heterocycles. The van der Waals surface area contributed by atoms with Crippen molar-refractivity contribution >= 4 is 28.3 Å². The van der Waals surface area contributed by atoms with Crippen LogP contribution < -0.4 is 19.7 Å². The monoisotopic (exact) mass is 428 g/mol. The molecule has 0 saturated carbocycles. The first-order valence-corrected chi connectivity index (χ1v) is 10.1. The van der Waals surface area contributed by atoms with Gasteiger partial charge in [-0.05, 0) is 42.5 Å². The van der Waals surface area contributed by atoms with Crippen LogP contribution in [0.4, 0.5) is 11.5 Å². The fourth-order valence-corrected chi connectivity index (χ4v) is 3.55. The van der Waals surface area contributed by atoms with Crippen molar-refractivity contribution in [3.63, 3.8) is 0 Å². The molecule has 7 heteroatoms. The number of rotatable bonds is 6. The van der Waals surface area contributed by atoms with Crippen LogP contribution in [0.1, 0.15) is 10.4 Å². The Balaban J connectivity index is 1.81. The first-order valence-electron chi connectivity index (χ1n) is 10.1. The highest BCUT2D eigenvalue weighted by atomic mass is 16.5. The third-order valence-electron chi connectivity index (χ3n) is 5.10. The van der Waals surface area contributed by atoms with Gasteiger partial charge in [0, 0.05) is 31.2 Å². The van der Waals surface area contributed by atoms with E-state index in [0.717, 1.165) is 16.5 Å². The van der Waals surface area contributed by atoms with Crippen LogP contribution in [0.25, 0.3) is 22.2 Å². The Kier molecular flexibility index (Phi) is 5.89. The number of methoxy groups -OCH3 is 2. The third kappa shape index (κ3) is 4.05. The molecular formula is C25H24N4O3. The van der Waals surface area contributed by atoms with Crippen molar-refractivity contribution in [2.24, 2.45) is 0 Å². The summed E-state index contributed by atoms with van der Waals surface area (Å²) in [5.74, 6) is 1.67. The zero-order valence-electron chi connectivity index (χ0n) is 18.4. The summed E-state index contributed by atoms with van der Waals surface area (Å²) < 4.78 is 10.8. The molecule has 1 N–H and O–H groups in total. The highest BCUT2D eigenvalue weighted by molar-refractivity contribution is 6.13. The summed E-state index contributed by atoms with van der Waals surface area (Å²) in [6.07, 6.45) is 1.70. The molecule has 0 aliphatic carbocycles. The second-order valence-electron chi connectivity index (χ2n) is 7.37. The van der Waals surface area contributed by atoms with E-state index in [4.69, 9.17) is 14.5 Å². The predicted octanol–water partition coefficient (Wildman–Crippen LogP) is 4.63. The van der Waals surface area contributed by atoms with Crippen LogP contribution in [0.2, 0.25) is 0 Å². The second kappa shape index (κ2) is 8.93. The van der Waals surface area contributed by atoms with Crippen molar-refractivity contribution in [1.82, 2.24) is 9.97 Å². The number of benzene rings is 2. The standard InChI is InChI=1S/C25H24N4O3/c1-29(2)24-20(10-7-13-26-24)28-25(30)18-15-21(27-19-9-6-5-8-17(18)19)16-11-12-22(31-3)23(14-16)32-4/h5-15H,1-4H3,(H,28,30). The molecule has 0 saturated heterocycles. The zero-order valence-corrected chi connectivity index (χ0v) is 18.4. The molecule has 2 aromatic heterocycles. The summed E-state index contributed by atoms with van der Waals surface area (Å²) in [5.41, 5.74) is 3.36. The van der Waals surface area contributed by atoms with E-state index in [9.17, 15) is 4.79 Å². The Morgan fingerprint density at radius 2 is 1.72 bits per heavy atom. The Morgan fingerprint density at radius 3 is 2.47 bits per heavy atom. The molecule has 1 amide bonds. The number of para-hydroxylation sites is 1. The lowest BCUT2D eigenvalue weighted by Crippen LogP contribution is -2.18. The minimum atomic E-state index is -0.235. The molecule has 4 aromatic rings. The van der Waals surface area contributed by atoms with Crippen molar-refractivity contribution in [2.45, 2.75) is 0 Å². The van der Waals surface area contributed by atoms with Gasteiger partial charge in [-0.15, -0.1) is 0 Å². The molecule has 162 valence electrons. The summed E-state index contributed by atoms with van der Waals surface area (Å²) in [6, 6.07) is 18.6. The molecule has 0 unspecified atom stereocenters. The second-order valence-corrected chi connectivity index (χ2v) is 7.37. The fraction of sp³-hybridized carbons (Fsp3) is 0.160. The highest BCUT2D eigenvalue weighted by Crippen LogP contribution is 2.33. The first-order chi connectivity index (χ1) is 15.5. The van der Waals surface area contributed by atoms with Crippen molar-refractivity contribution < 1.29 is 14.3 Å². The number of nitrogens with zero attached hydrogens (tertiary/aromatic N) is 3. The number of anilines is 2. The van der Waals surface area contributed by atoms with Gasteiger partial charge in [0.25, 0.3) is 5.91 Å². The van der Waals surface area contributed by atoms with Crippen LogP contribution in [-0.4, -0.2) is 44.2 Å². The molecule has 32 heavy (non-hydrogen) atoms. The lowest BCUT2D eigenvalue weighted by molar-refractivity contribution is 0.102. The summed E-state index contributed by atoms with van der Waals surface area (Å²) in [7, 11) is 6.95. The maximum atomic E-state index is 13.4. The van der Waals surface area contributed by atoms with Crippen molar-refractivity contribution in [3.8, 4) is 22.8 Å². The SMILES string of the molecule is COc1ccc(-c2cc(C(=O)Nc3cccnc3N(C)C)c3ccccc3n2)cc1OC. The summed E-state index contributed by atoms with van der Waals surface area (Å²) in [6.45, 7) is 0. The van der Waals surface area contributed by atoms with Crippen LogP contribution in [0.3, 0.4) is 0 Å². The van der Waals surface area contributed by atoms with Gasteiger partial charge in [-0.25, -0.2) is 9.97 Å². The van der Waals surface area contributed by atoms with E-state index in [0.29, 0.717) is 34.3 Å². The van der Waals surface area contributed by atoms with E-state index in [2.05, 4.69) is 10.3 Å². The molecule has 0 fully saturated rings. The third-order valence-corrected chi connectivity index (χ3v) is 5.10. The number of hydrogen-bond donors (Lipinski definition) is 1. The van der Waals surface area contributed by atoms with Gasteiger partial charge < -0.3 is 19.7 Å². The highest BCUT2D eigenvalue weighted by Gasteiger charge is 2.17. The van der Waals surface area contributed by atoms with Gasteiger partial charge in [0.1, 0.15) is 0 Å². The van der Waals surface area contributed by atoms with Crippen molar-refractivity contribution in [3.05, 3.63) is 72.4 Å². The molecule has 0 atom stereocenters. The average molecular weight is 428 g/mol. The maximum absolute atomic E-state index is 13.4. The number of ether oxygens (including phenoxy) is 2. The number of amides is 1. The van der Waals surface area contributed by atoms with Gasteiger partial charge in [-0.3, -0.25) is 4.79 Å². The van der Waals surface area contributed by atoms with Crippen LogP contribution in [0.15, 0.2) is 66.9 Å². The van der Waals surface area contributed by atoms with E-state index < -0.39 is 0 Å². The maximum Gasteiger partial charge on any atom is 0.256 e. The predicted molar refractivity (Wildman–Crippen MR) is 127 cm³/mol. The number of carbonyl (C=O) groups excluding carboxylic acids is 1. The number of aromatic nitrogens is 2. The van der Waals surface area contributed by atoms with Crippen molar-refractivity contribution in [2.75, 3.05) is 38.5 Å². The quantitative estimate of drug-likeness (QED) is 0.482. The van der Waals surface area contributed by atoms with E-state index in [-0.39, 0.29) is 5.91 Å². The molecule has 2 aromatic carbocycles. The zero-order chi connectivity index (χ0) is 22.7. The van der Waals surface area contributed by atoms with Gasteiger partial charge in [0.2, 0.25) is 0 Å². The Morgan fingerprint density at radius 1 is 0.938 bits per heavy atom. The summed E-state index contributed by atoms with van der Waals surface area (Å²) in [4.78, 5) is 24.4. The van der Waals surface area contributed by atoms with Gasteiger partial charge in [0.05, 0.1) is 36.7 Å². The Hall–Kier alpha value is -4.13. The summed E-state index contributed by atoms with van der Waals surface area (Å²) >= 11 is 0. The van der Waals surface area contributed by atoms with Crippen LogP contribution in [-0.2, 0) is 0 Å². The largest absolute Gasteiger partial charge is 0.493 e. The molecule has 0 radical (unpaired) electrons. The normalized spacial score (nSPS) is 10.6. The molecule has 7 nitrogen and oxygen atoms in total. The lowest BCUT2D eigenvalue weighted by atomic mass is 10.0. The molecule has 2 heterocycles. The average Bonchev–Trinajstić information content (AvgIpc) is 2.83. The van der Waals surface area contributed by atoms with Gasteiger partial charge in [0.15, 0.2) is 17.3 Å². The van der Waals surface area contributed by atoms with Crippen molar-refractivity contribution in [1.29, 1.82) is 0 Å². The van der Waals surface area contributed by atoms with Crippen LogP contribution in [0, 0.1) is 0 Å². The lowest BCUT2D eigenvalue weighted by Gasteiger charge is -2.17. The minimum Gasteiger partial charge on any atom is -0.493 e. The number of fused-ring (bicyclic) bond motifs is 1. The smallest absolute Gasteiger partial charge is 0.256 e. The molecule has 0 spiro atoms. The Bertz CT molecular complexity index is 1290.